The lowest BCUT2D eigenvalue weighted by Crippen LogP contribution is -2.35. The molecule has 0 spiro atoms. The van der Waals surface area contributed by atoms with E-state index in [0.717, 1.165) is 24.0 Å². The maximum absolute atomic E-state index is 13.8. The Balaban J connectivity index is 1.53. The van der Waals surface area contributed by atoms with Gasteiger partial charge >= 0.3 is 0 Å². The second-order valence-electron chi connectivity index (χ2n) is 12.4. The number of nitrogens with zero attached hydrogens (tertiary/aromatic N) is 1. The number of ketones is 2. The zero-order valence-corrected chi connectivity index (χ0v) is 25.6. The van der Waals surface area contributed by atoms with Gasteiger partial charge < -0.3 is 26.4 Å². The summed E-state index contributed by atoms with van der Waals surface area (Å²) in [5.74, 6) is -5.01. The number of amides is 2. The zero-order valence-electron chi connectivity index (χ0n) is 25.6. The largest absolute Gasteiger partial charge is 0.511 e. The Morgan fingerprint density at radius 2 is 1.82 bits per heavy atom. The number of phenols is 1. The van der Waals surface area contributed by atoms with E-state index >= 15 is 0 Å². The van der Waals surface area contributed by atoms with Crippen LogP contribution in [0.1, 0.15) is 97.3 Å². The smallest absolute Gasteiger partial charge is 0.255 e. The van der Waals surface area contributed by atoms with Crippen LogP contribution in [0.4, 0.5) is 0 Å². The number of aryl methyl sites for hydroxylation is 1. The second kappa shape index (κ2) is 13.7. The zero-order chi connectivity index (χ0) is 32.2. The molecule has 2 saturated carbocycles. The van der Waals surface area contributed by atoms with Crippen LogP contribution in [0, 0.1) is 17.8 Å². The Hall–Kier alpha value is -4.47. The Morgan fingerprint density at radius 1 is 1.07 bits per heavy atom. The van der Waals surface area contributed by atoms with E-state index in [4.69, 9.17) is 5.73 Å². The maximum Gasteiger partial charge on any atom is 0.255 e. The molecule has 10 heteroatoms. The van der Waals surface area contributed by atoms with Gasteiger partial charge in [0.25, 0.3) is 11.8 Å². The summed E-state index contributed by atoms with van der Waals surface area (Å²) in [5, 5.41) is 36.9. The van der Waals surface area contributed by atoms with Crippen LogP contribution in [0.2, 0.25) is 0 Å². The van der Waals surface area contributed by atoms with Crippen molar-refractivity contribution in [2.24, 2.45) is 23.5 Å². The molecule has 10 nitrogen and oxygen atoms in total. The van der Waals surface area contributed by atoms with Crippen molar-refractivity contribution in [1.29, 1.82) is 0 Å². The van der Waals surface area contributed by atoms with Crippen LogP contribution in [0.5, 0.6) is 5.75 Å². The number of aliphatic hydroxyl groups excluding tert-OH is 2. The summed E-state index contributed by atoms with van der Waals surface area (Å²) in [6, 6.07) is 5.19. The van der Waals surface area contributed by atoms with Gasteiger partial charge in [-0.25, -0.2) is 0 Å². The summed E-state index contributed by atoms with van der Waals surface area (Å²) in [7, 11) is 0. The highest BCUT2D eigenvalue weighted by Crippen LogP contribution is 2.48. The number of rotatable bonds is 10. The fourth-order valence-corrected chi connectivity index (χ4v) is 7.23. The first-order chi connectivity index (χ1) is 21.6. The third-order valence-corrected chi connectivity index (χ3v) is 9.66. The number of aromatic hydroxyl groups is 1. The van der Waals surface area contributed by atoms with Gasteiger partial charge in [-0.2, -0.15) is 0 Å². The van der Waals surface area contributed by atoms with Crippen LogP contribution >= 0.6 is 0 Å². The van der Waals surface area contributed by atoms with E-state index in [-0.39, 0.29) is 53.9 Å². The number of hydrogen-bond acceptors (Lipinski definition) is 8. The number of aliphatic hydroxyl groups is 2. The van der Waals surface area contributed by atoms with E-state index in [1.54, 1.807) is 18.3 Å². The summed E-state index contributed by atoms with van der Waals surface area (Å²) in [4.78, 5) is 55.0. The molecule has 1 heterocycles. The Bertz CT molecular complexity index is 1570. The van der Waals surface area contributed by atoms with Gasteiger partial charge in [-0.15, -0.1) is 0 Å². The molecule has 0 bridgehead atoms. The Morgan fingerprint density at radius 3 is 2.49 bits per heavy atom. The van der Waals surface area contributed by atoms with E-state index in [1.807, 2.05) is 6.07 Å². The number of pyridine rings is 1. The minimum Gasteiger partial charge on any atom is -0.511 e. The van der Waals surface area contributed by atoms with Gasteiger partial charge in [0.15, 0.2) is 11.6 Å². The lowest BCUT2D eigenvalue weighted by molar-refractivity contribution is -0.121. The maximum atomic E-state index is 13.8. The van der Waals surface area contributed by atoms with Gasteiger partial charge in [0, 0.05) is 36.5 Å². The molecule has 2 unspecified atom stereocenters. The summed E-state index contributed by atoms with van der Waals surface area (Å²) < 4.78 is 0. The number of primary amides is 1. The minimum absolute atomic E-state index is 0.0174. The summed E-state index contributed by atoms with van der Waals surface area (Å²) in [5.41, 5.74) is 7.53. The third kappa shape index (κ3) is 6.50. The monoisotopic (exact) mass is 615 g/mol. The first kappa shape index (κ1) is 31.9. The van der Waals surface area contributed by atoms with Gasteiger partial charge in [0.05, 0.1) is 17.0 Å². The molecule has 2 fully saturated rings. The van der Waals surface area contributed by atoms with E-state index in [1.165, 1.54) is 45.2 Å². The number of Topliss-reactive ketones (excluding diaryl/α,β-unsaturated/α-hetero) is 2. The molecule has 1 aromatic carbocycles. The van der Waals surface area contributed by atoms with Gasteiger partial charge in [-0.3, -0.25) is 24.2 Å². The van der Waals surface area contributed by atoms with Gasteiger partial charge in [-0.05, 0) is 67.2 Å². The highest BCUT2D eigenvalue weighted by molar-refractivity contribution is 6.20. The van der Waals surface area contributed by atoms with E-state index in [0.29, 0.717) is 29.9 Å². The molecule has 0 saturated heterocycles. The molecule has 45 heavy (non-hydrogen) atoms. The number of nitrogens with two attached hydrogens (primary N) is 1. The molecule has 238 valence electrons. The molecule has 2 atom stereocenters. The third-order valence-electron chi connectivity index (χ3n) is 9.66. The van der Waals surface area contributed by atoms with Crippen molar-refractivity contribution < 1.29 is 34.5 Å². The number of benzene rings is 1. The van der Waals surface area contributed by atoms with Crippen molar-refractivity contribution in [2.75, 3.05) is 0 Å². The van der Waals surface area contributed by atoms with Crippen molar-refractivity contribution in [2.45, 2.75) is 84.1 Å². The highest BCUT2D eigenvalue weighted by Gasteiger charge is 2.43. The predicted molar refractivity (Wildman–Crippen MR) is 167 cm³/mol. The van der Waals surface area contributed by atoms with Gasteiger partial charge in [-0.1, -0.05) is 45.1 Å². The van der Waals surface area contributed by atoms with Gasteiger partial charge in [0.1, 0.15) is 22.8 Å². The fourth-order valence-electron chi connectivity index (χ4n) is 7.23. The Kier molecular flexibility index (Phi) is 9.70. The van der Waals surface area contributed by atoms with Crippen LogP contribution < -0.4 is 11.1 Å². The van der Waals surface area contributed by atoms with Crippen molar-refractivity contribution in [3.8, 4) is 5.75 Å². The molecule has 5 rings (SSSR count). The number of nitrogens with one attached hydrogen (secondary N) is 1. The summed E-state index contributed by atoms with van der Waals surface area (Å²) in [6.45, 7) is 1.51. The van der Waals surface area contributed by atoms with Crippen molar-refractivity contribution in [3.05, 3.63) is 75.3 Å². The van der Waals surface area contributed by atoms with Gasteiger partial charge in [0.2, 0.25) is 0 Å². The first-order valence-corrected chi connectivity index (χ1v) is 15.9. The molecule has 3 aliphatic rings. The first-order valence-electron chi connectivity index (χ1n) is 15.9. The summed E-state index contributed by atoms with van der Waals surface area (Å²) >= 11 is 0. The second-order valence-corrected chi connectivity index (χ2v) is 12.4. The molecule has 2 amide bonds. The number of fused-ring (bicyclic) bond motifs is 2. The number of hydrogen-bond donors (Lipinski definition) is 5. The molecule has 3 aliphatic carbocycles. The highest BCUT2D eigenvalue weighted by atomic mass is 16.3. The molecule has 0 radical (unpaired) electrons. The van der Waals surface area contributed by atoms with Crippen LogP contribution in [-0.2, 0) is 33.8 Å². The summed E-state index contributed by atoms with van der Waals surface area (Å²) in [6.07, 6.45) is 11.6. The van der Waals surface area contributed by atoms with Crippen molar-refractivity contribution in [3.63, 3.8) is 0 Å². The van der Waals surface area contributed by atoms with Crippen LogP contribution in [0.3, 0.4) is 0 Å². The fraction of sp³-hybridized carbons (Fsp3) is 0.457. The molecular formula is C35H41N3O7. The minimum atomic E-state index is -1.21. The standard InChI is InChI=1S/C35H41N3O7/c1-2-26(39)29(34(36)44)32(42)24-13-12-21-16-25-20(11-10-19-7-4-3-5-8-19)15-23(18-38-35(45)22-9-6-14-37-17-22)30(40)28(25)33(43)27(21)31(24)41/h6,9,14-15,17,19,21,24,40,42-43H,2-5,7-8,10-13,16,18H2,1H3,(H2,36,44)(H,38,45). The van der Waals surface area contributed by atoms with E-state index in [9.17, 15) is 34.5 Å². The average Bonchev–Trinajstić information content (AvgIpc) is 3.04. The number of carbonyl (C=O) groups excluding carboxylic acids is 4. The predicted octanol–water partition coefficient (Wildman–Crippen LogP) is 4.93. The average molecular weight is 616 g/mol. The number of carbonyl (C=O) groups is 4. The number of allylic oxidation sites excluding steroid dienone is 2. The van der Waals surface area contributed by atoms with Crippen LogP contribution in [0.15, 0.2) is 47.5 Å². The number of phenolic OH excluding ortho intramolecular Hbond substituents is 1. The van der Waals surface area contributed by atoms with Crippen LogP contribution in [0.25, 0.3) is 5.76 Å². The SMILES string of the molecule is CCC(=O)C(C(N)=O)=C(O)C1CCC2Cc3c(CCC4CCCCC4)cc(CNC(=O)c4cccnc4)c(O)c3C(O)=C2C1=O. The quantitative estimate of drug-likeness (QED) is 0.108. The lowest BCUT2D eigenvalue weighted by atomic mass is 9.68. The molecule has 0 aliphatic heterocycles. The topological polar surface area (TPSA) is 180 Å². The van der Waals surface area contributed by atoms with E-state index in [2.05, 4.69) is 10.3 Å². The lowest BCUT2D eigenvalue weighted by Gasteiger charge is -2.36. The van der Waals surface area contributed by atoms with E-state index < -0.39 is 34.7 Å². The molecular weight excluding hydrogens is 574 g/mol. The number of aromatic nitrogens is 1. The Labute approximate surface area is 262 Å². The molecule has 1 aromatic heterocycles. The van der Waals surface area contributed by atoms with Crippen molar-refractivity contribution in [1.82, 2.24) is 10.3 Å². The normalized spacial score (nSPS) is 20.6. The van der Waals surface area contributed by atoms with Crippen LogP contribution in [-0.4, -0.2) is 43.7 Å². The van der Waals surface area contributed by atoms with Crippen molar-refractivity contribution >= 4 is 29.1 Å². The molecule has 6 N–H and O–H groups in total. The molecule has 2 aromatic rings.